The maximum Gasteiger partial charge on any atom is 0.224 e. The third-order valence-corrected chi connectivity index (χ3v) is 5.83. The van der Waals surface area contributed by atoms with Gasteiger partial charge in [-0.05, 0) is 44.7 Å². The van der Waals surface area contributed by atoms with Gasteiger partial charge in [-0.15, -0.1) is 11.8 Å². The Morgan fingerprint density at radius 3 is 2.77 bits per heavy atom. The first-order valence-electron chi connectivity index (χ1n) is 9.42. The van der Waals surface area contributed by atoms with Crippen LogP contribution in [0, 0.1) is 0 Å². The third-order valence-electron chi connectivity index (χ3n) is 5.04. The lowest BCUT2D eigenvalue weighted by Gasteiger charge is -2.34. The van der Waals surface area contributed by atoms with Crippen LogP contribution in [0.5, 0.6) is 0 Å². The van der Waals surface area contributed by atoms with Crippen LogP contribution in [0.4, 0.5) is 5.69 Å². The number of piperidine rings is 1. The van der Waals surface area contributed by atoms with Gasteiger partial charge in [-0.1, -0.05) is 18.6 Å². The summed E-state index contributed by atoms with van der Waals surface area (Å²) in [5.74, 6) is -0.0825. The lowest BCUT2D eigenvalue weighted by molar-refractivity contribution is -0.131. The fourth-order valence-electron chi connectivity index (χ4n) is 3.26. The molecule has 1 heterocycles. The van der Waals surface area contributed by atoms with Gasteiger partial charge in [-0.2, -0.15) is 0 Å². The quantitative estimate of drug-likeness (QED) is 0.705. The predicted octanol–water partition coefficient (Wildman–Crippen LogP) is 3.46. The van der Waals surface area contributed by atoms with Crippen LogP contribution in [0.1, 0.15) is 39.0 Å². The van der Waals surface area contributed by atoms with Gasteiger partial charge in [0.2, 0.25) is 11.8 Å². The van der Waals surface area contributed by atoms with Crippen molar-refractivity contribution in [2.45, 2.75) is 50.0 Å². The van der Waals surface area contributed by atoms with Crippen molar-refractivity contribution in [3.05, 3.63) is 24.3 Å². The molecule has 1 aliphatic heterocycles. The van der Waals surface area contributed by atoms with Crippen molar-refractivity contribution in [3.63, 3.8) is 0 Å². The van der Waals surface area contributed by atoms with Gasteiger partial charge in [0, 0.05) is 43.9 Å². The highest BCUT2D eigenvalue weighted by Gasteiger charge is 2.19. The first-order chi connectivity index (χ1) is 12.5. The van der Waals surface area contributed by atoms with Gasteiger partial charge in [-0.3, -0.25) is 14.5 Å². The summed E-state index contributed by atoms with van der Waals surface area (Å²) in [6.45, 7) is 5.02. The zero-order valence-corrected chi connectivity index (χ0v) is 17.0. The highest BCUT2D eigenvalue weighted by atomic mass is 32.2. The van der Waals surface area contributed by atoms with E-state index >= 15 is 0 Å². The van der Waals surface area contributed by atoms with Gasteiger partial charge in [0.25, 0.3) is 0 Å². The fraction of sp³-hybridized carbons (Fsp3) is 0.600. The van der Waals surface area contributed by atoms with Crippen molar-refractivity contribution in [2.75, 3.05) is 38.3 Å². The molecule has 6 heteroatoms. The number of hydrogen-bond acceptors (Lipinski definition) is 4. The number of carbonyl (C=O) groups is 2. The highest BCUT2D eigenvalue weighted by Crippen LogP contribution is 2.24. The Hall–Kier alpha value is -1.53. The lowest BCUT2D eigenvalue weighted by atomic mass is 10.0. The lowest BCUT2D eigenvalue weighted by Crippen LogP contribution is -2.43. The Kier molecular flexibility index (Phi) is 8.45. The van der Waals surface area contributed by atoms with Crippen LogP contribution < -0.4 is 5.32 Å². The van der Waals surface area contributed by atoms with Crippen LogP contribution >= 0.6 is 11.8 Å². The number of anilines is 1. The molecule has 0 unspecified atom stereocenters. The number of carbonyl (C=O) groups excluding carboxylic acids is 2. The second kappa shape index (κ2) is 10.6. The number of amides is 2. The molecular weight excluding hydrogens is 346 g/mol. The molecule has 2 rings (SSSR count). The molecular formula is C20H31N3O2S. The summed E-state index contributed by atoms with van der Waals surface area (Å²) in [6.07, 6.45) is 6.24. The number of para-hydroxylation sites is 1. The number of benzene rings is 1. The minimum Gasteiger partial charge on any atom is -0.344 e. The third kappa shape index (κ3) is 6.32. The number of nitrogens with one attached hydrogen (secondary N) is 1. The van der Waals surface area contributed by atoms with Gasteiger partial charge in [0.05, 0.1) is 5.69 Å². The molecule has 0 spiro atoms. The number of rotatable bonds is 8. The molecule has 1 saturated heterocycles. The Labute approximate surface area is 161 Å². The topological polar surface area (TPSA) is 52.7 Å². The molecule has 0 bridgehead atoms. The summed E-state index contributed by atoms with van der Waals surface area (Å²) >= 11 is 1.59. The van der Waals surface area contributed by atoms with E-state index in [4.69, 9.17) is 0 Å². The monoisotopic (exact) mass is 377 g/mol. The minimum absolute atomic E-state index is 0.0305. The standard InChI is InChI=1S/C20H31N3O2S/c1-16-8-6-7-13-23(16)15-14-22(2)20(25)12-11-19(24)21-17-9-4-5-10-18(17)26-3/h4-5,9-10,16H,6-8,11-15H2,1-3H3,(H,21,24)/t16-/m1/s1. The molecule has 1 fully saturated rings. The molecule has 1 atom stereocenters. The molecule has 0 saturated carbocycles. The Balaban J connectivity index is 1.72. The van der Waals surface area contributed by atoms with Crippen molar-refractivity contribution in [1.29, 1.82) is 0 Å². The van der Waals surface area contributed by atoms with E-state index < -0.39 is 0 Å². The van der Waals surface area contributed by atoms with E-state index in [1.807, 2.05) is 37.6 Å². The van der Waals surface area contributed by atoms with Gasteiger partial charge in [0.15, 0.2) is 0 Å². The van der Waals surface area contributed by atoms with E-state index in [1.54, 1.807) is 16.7 Å². The van der Waals surface area contributed by atoms with Crippen LogP contribution in [-0.2, 0) is 9.59 Å². The van der Waals surface area contributed by atoms with Crippen LogP contribution in [0.25, 0.3) is 0 Å². The second-order valence-corrected chi connectivity index (χ2v) is 7.79. The van der Waals surface area contributed by atoms with Gasteiger partial charge < -0.3 is 10.2 Å². The Morgan fingerprint density at radius 1 is 1.27 bits per heavy atom. The SMILES string of the molecule is CSc1ccccc1NC(=O)CCC(=O)N(C)CCN1CCCC[C@H]1C. The van der Waals surface area contributed by atoms with Gasteiger partial charge >= 0.3 is 0 Å². The molecule has 1 aromatic carbocycles. The molecule has 1 aromatic rings. The van der Waals surface area contributed by atoms with Crippen LogP contribution in [0.3, 0.4) is 0 Å². The zero-order chi connectivity index (χ0) is 18.9. The predicted molar refractivity (Wildman–Crippen MR) is 109 cm³/mol. The summed E-state index contributed by atoms with van der Waals surface area (Å²) in [5.41, 5.74) is 0.810. The van der Waals surface area contributed by atoms with E-state index in [2.05, 4.69) is 17.1 Å². The first-order valence-corrected chi connectivity index (χ1v) is 10.6. The number of thioether (sulfide) groups is 1. The molecule has 144 valence electrons. The highest BCUT2D eigenvalue weighted by molar-refractivity contribution is 7.98. The molecule has 0 aliphatic carbocycles. The van der Waals surface area contributed by atoms with E-state index in [0.717, 1.165) is 30.2 Å². The summed E-state index contributed by atoms with van der Waals surface area (Å²) in [5, 5.41) is 2.91. The average Bonchev–Trinajstić information content (AvgIpc) is 2.65. The molecule has 1 N–H and O–H groups in total. The van der Waals surface area contributed by atoms with E-state index in [1.165, 1.54) is 19.3 Å². The van der Waals surface area contributed by atoms with E-state index in [9.17, 15) is 9.59 Å². The second-order valence-electron chi connectivity index (χ2n) is 6.94. The van der Waals surface area contributed by atoms with Crippen molar-refractivity contribution >= 4 is 29.3 Å². The maximum atomic E-state index is 12.3. The largest absolute Gasteiger partial charge is 0.344 e. The molecule has 5 nitrogen and oxygen atoms in total. The zero-order valence-electron chi connectivity index (χ0n) is 16.2. The fourth-order valence-corrected chi connectivity index (χ4v) is 3.82. The van der Waals surface area contributed by atoms with Crippen molar-refractivity contribution < 1.29 is 9.59 Å². The van der Waals surface area contributed by atoms with Crippen molar-refractivity contribution in [1.82, 2.24) is 9.80 Å². The number of nitrogens with zero attached hydrogens (tertiary/aromatic N) is 2. The van der Waals surface area contributed by atoms with Crippen molar-refractivity contribution in [3.8, 4) is 0 Å². The smallest absolute Gasteiger partial charge is 0.224 e. The number of hydrogen-bond donors (Lipinski definition) is 1. The summed E-state index contributed by atoms with van der Waals surface area (Å²) in [4.78, 5) is 29.7. The maximum absolute atomic E-state index is 12.3. The molecule has 2 amide bonds. The first kappa shape index (κ1) is 20.8. The number of likely N-dealkylation sites (tertiary alicyclic amines) is 1. The summed E-state index contributed by atoms with van der Waals surface area (Å²) in [6, 6.07) is 8.31. The molecule has 1 aliphatic rings. The van der Waals surface area contributed by atoms with E-state index in [0.29, 0.717) is 6.04 Å². The van der Waals surface area contributed by atoms with Crippen molar-refractivity contribution in [2.24, 2.45) is 0 Å². The minimum atomic E-state index is -0.113. The Bertz CT molecular complexity index is 608. The summed E-state index contributed by atoms with van der Waals surface area (Å²) in [7, 11) is 1.83. The molecule has 0 aromatic heterocycles. The Morgan fingerprint density at radius 2 is 2.04 bits per heavy atom. The van der Waals surface area contributed by atoms with Crippen LogP contribution in [-0.4, -0.2) is 60.6 Å². The van der Waals surface area contributed by atoms with Gasteiger partial charge in [0.1, 0.15) is 0 Å². The molecule has 26 heavy (non-hydrogen) atoms. The number of likely N-dealkylation sites (N-methyl/N-ethyl adjacent to an activating group) is 1. The van der Waals surface area contributed by atoms with Crippen LogP contribution in [0.2, 0.25) is 0 Å². The summed E-state index contributed by atoms with van der Waals surface area (Å²) < 4.78 is 0. The van der Waals surface area contributed by atoms with E-state index in [-0.39, 0.29) is 24.7 Å². The normalized spacial score (nSPS) is 17.7. The van der Waals surface area contributed by atoms with Crippen LogP contribution in [0.15, 0.2) is 29.2 Å². The van der Waals surface area contributed by atoms with Gasteiger partial charge in [-0.25, -0.2) is 0 Å². The molecule has 0 radical (unpaired) electrons. The average molecular weight is 378 g/mol.